The fourth-order valence-electron chi connectivity index (χ4n) is 2.66. The minimum absolute atomic E-state index is 0.311. The lowest BCUT2D eigenvalue weighted by Gasteiger charge is -2.35. The van der Waals surface area contributed by atoms with E-state index < -0.39 is 0 Å². The monoisotopic (exact) mass is 341 g/mol. The number of hydrogen-bond donors (Lipinski definition) is 0. The first-order valence-electron chi connectivity index (χ1n) is 6.33. The van der Waals surface area contributed by atoms with E-state index >= 15 is 0 Å². The molecule has 3 rings (SSSR count). The van der Waals surface area contributed by atoms with Gasteiger partial charge < -0.3 is 4.90 Å². The summed E-state index contributed by atoms with van der Waals surface area (Å²) < 4.78 is 1.26. The highest BCUT2D eigenvalue weighted by atomic mass is 127. The van der Waals surface area contributed by atoms with Crippen LogP contribution in [-0.4, -0.2) is 12.5 Å². The van der Waals surface area contributed by atoms with E-state index in [0.717, 1.165) is 24.6 Å². The lowest BCUT2D eigenvalue weighted by atomic mass is 9.84. The van der Waals surface area contributed by atoms with Crippen LogP contribution in [-0.2, 0) is 11.2 Å². The van der Waals surface area contributed by atoms with Crippen LogP contribution in [0.1, 0.15) is 31.2 Å². The number of carbonyl (C=O) groups is 1. The highest BCUT2D eigenvalue weighted by Crippen LogP contribution is 2.33. The number of halogens is 1. The molecule has 1 fully saturated rings. The molecule has 0 bridgehead atoms. The number of fused-ring (bicyclic) bond motifs is 1. The van der Waals surface area contributed by atoms with E-state index in [2.05, 4.69) is 40.8 Å². The average molecular weight is 341 g/mol. The van der Waals surface area contributed by atoms with Crippen molar-refractivity contribution in [1.29, 1.82) is 0 Å². The summed E-state index contributed by atoms with van der Waals surface area (Å²) in [7, 11) is 0. The van der Waals surface area contributed by atoms with Crippen molar-refractivity contribution in [2.24, 2.45) is 5.92 Å². The van der Waals surface area contributed by atoms with Gasteiger partial charge in [0.1, 0.15) is 0 Å². The van der Waals surface area contributed by atoms with E-state index in [1.54, 1.807) is 0 Å². The summed E-state index contributed by atoms with van der Waals surface area (Å²) in [4.78, 5) is 14.1. The van der Waals surface area contributed by atoms with Crippen LogP contribution in [0.15, 0.2) is 18.2 Å². The Bertz CT molecular complexity index is 454. The number of rotatable bonds is 2. The van der Waals surface area contributed by atoms with Gasteiger partial charge in [-0.3, -0.25) is 4.79 Å². The third kappa shape index (κ3) is 2.21. The molecule has 2 nitrogen and oxygen atoms in total. The van der Waals surface area contributed by atoms with E-state index in [1.807, 2.05) is 4.90 Å². The summed E-state index contributed by atoms with van der Waals surface area (Å²) >= 11 is 2.34. The molecule has 0 atom stereocenters. The molecule has 2 aliphatic rings. The molecule has 1 aromatic rings. The smallest absolute Gasteiger partial charge is 0.227 e. The topological polar surface area (TPSA) is 20.3 Å². The molecule has 1 amide bonds. The zero-order valence-corrected chi connectivity index (χ0v) is 11.9. The molecule has 0 N–H and O–H groups in total. The molecule has 1 aliphatic heterocycles. The van der Waals surface area contributed by atoms with Gasteiger partial charge in [0, 0.05) is 22.2 Å². The van der Waals surface area contributed by atoms with Crippen LogP contribution in [0.2, 0.25) is 0 Å². The highest BCUT2D eigenvalue weighted by Gasteiger charge is 2.28. The first kappa shape index (κ1) is 11.5. The number of aryl methyl sites for hydroxylation is 1. The Morgan fingerprint density at radius 1 is 1.29 bits per heavy atom. The highest BCUT2D eigenvalue weighted by molar-refractivity contribution is 14.1. The van der Waals surface area contributed by atoms with Crippen LogP contribution >= 0.6 is 22.6 Å². The Kier molecular flexibility index (Phi) is 3.11. The number of hydrogen-bond acceptors (Lipinski definition) is 1. The summed E-state index contributed by atoms with van der Waals surface area (Å²) in [6.07, 6.45) is 5.52. The maximum Gasteiger partial charge on any atom is 0.227 e. The third-order valence-electron chi connectivity index (χ3n) is 3.91. The Morgan fingerprint density at radius 3 is 2.82 bits per heavy atom. The summed E-state index contributed by atoms with van der Waals surface area (Å²) in [6.45, 7) is 0.937. The molecule has 1 aliphatic carbocycles. The van der Waals surface area contributed by atoms with Gasteiger partial charge in [0.05, 0.1) is 0 Å². The Labute approximate surface area is 116 Å². The van der Waals surface area contributed by atoms with E-state index in [-0.39, 0.29) is 0 Å². The van der Waals surface area contributed by atoms with Gasteiger partial charge in [0.15, 0.2) is 0 Å². The van der Waals surface area contributed by atoms with Crippen LogP contribution < -0.4 is 4.90 Å². The van der Waals surface area contributed by atoms with Gasteiger partial charge in [-0.2, -0.15) is 0 Å². The number of anilines is 1. The SMILES string of the molecule is O=C1CCc2cc(I)ccc2N1CC1CCC1. The normalized spacial score (nSPS) is 20.1. The summed E-state index contributed by atoms with van der Waals surface area (Å²) in [5, 5.41) is 0. The predicted molar refractivity (Wildman–Crippen MR) is 77.2 cm³/mol. The molecule has 0 aromatic heterocycles. The molecule has 3 heteroatoms. The predicted octanol–water partition coefficient (Wildman–Crippen LogP) is 3.37. The molecule has 0 unspecified atom stereocenters. The van der Waals surface area contributed by atoms with Gasteiger partial charge in [0.2, 0.25) is 5.91 Å². The molecular weight excluding hydrogens is 325 g/mol. The van der Waals surface area contributed by atoms with Crippen LogP contribution in [0.5, 0.6) is 0 Å². The molecule has 90 valence electrons. The quantitative estimate of drug-likeness (QED) is 0.756. The standard InChI is InChI=1S/C14H16INO/c15-12-5-6-13-11(8-12)4-7-14(17)16(13)9-10-2-1-3-10/h5-6,8,10H,1-4,7,9H2. The second kappa shape index (κ2) is 4.59. The van der Waals surface area contributed by atoms with Crippen LogP contribution in [0.25, 0.3) is 0 Å². The zero-order chi connectivity index (χ0) is 11.8. The molecular formula is C14H16INO. The molecule has 1 aromatic carbocycles. The summed E-state index contributed by atoms with van der Waals surface area (Å²) in [5.41, 5.74) is 2.50. The fraction of sp³-hybridized carbons (Fsp3) is 0.500. The lowest BCUT2D eigenvalue weighted by molar-refractivity contribution is -0.119. The zero-order valence-electron chi connectivity index (χ0n) is 9.79. The second-order valence-corrected chi connectivity index (χ2v) is 6.32. The minimum Gasteiger partial charge on any atom is -0.312 e. The maximum absolute atomic E-state index is 12.0. The van der Waals surface area contributed by atoms with Crippen LogP contribution in [0.4, 0.5) is 5.69 Å². The van der Waals surface area contributed by atoms with Gasteiger partial charge in [-0.05, 0) is 71.5 Å². The van der Waals surface area contributed by atoms with Gasteiger partial charge in [-0.15, -0.1) is 0 Å². The first-order valence-corrected chi connectivity index (χ1v) is 7.41. The van der Waals surface area contributed by atoms with Crippen LogP contribution in [0, 0.1) is 9.49 Å². The van der Waals surface area contributed by atoms with Crippen molar-refractivity contribution in [3.63, 3.8) is 0 Å². The molecule has 1 saturated carbocycles. The van der Waals surface area contributed by atoms with Crippen molar-refractivity contribution in [3.05, 3.63) is 27.3 Å². The average Bonchev–Trinajstić information content (AvgIpc) is 2.25. The van der Waals surface area contributed by atoms with E-state index in [1.165, 1.54) is 28.4 Å². The van der Waals surface area contributed by atoms with E-state index in [9.17, 15) is 4.79 Å². The van der Waals surface area contributed by atoms with E-state index in [4.69, 9.17) is 0 Å². The first-order chi connectivity index (χ1) is 8.24. The third-order valence-corrected chi connectivity index (χ3v) is 4.58. The van der Waals surface area contributed by atoms with E-state index in [0.29, 0.717) is 12.3 Å². The molecule has 0 radical (unpaired) electrons. The van der Waals surface area contributed by atoms with Crippen molar-refractivity contribution in [3.8, 4) is 0 Å². The molecule has 17 heavy (non-hydrogen) atoms. The van der Waals surface area contributed by atoms with Crippen LogP contribution in [0.3, 0.4) is 0 Å². The van der Waals surface area contributed by atoms with Crippen molar-refractivity contribution < 1.29 is 4.79 Å². The fourth-order valence-corrected chi connectivity index (χ4v) is 3.22. The maximum atomic E-state index is 12.0. The van der Waals surface area contributed by atoms with Crippen molar-refractivity contribution in [2.75, 3.05) is 11.4 Å². The summed E-state index contributed by atoms with van der Waals surface area (Å²) in [5.74, 6) is 1.05. The van der Waals surface area contributed by atoms with Gasteiger partial charge in [-0.25, -0.2) is 0 Å². The van der Waals surface area contributed by atoms with Crippen molar-refractivity contribution >= 4 is 34.2 Å². The number of amides is 1. The van der Waals surface area contributed by atoms with Gasteiger partial charge in [-0.1, -0.05) is 6.42 Å². The summed E-state index contributed by atoms with van der Waals surface area (Å²) in [6, 6.07) is 6.44. The molecule has 1 heterocycles. The van der Waals surface area contributed by atoms with Crippen molar-refractivity contribution in [1.82, 2.24) is 0 Å². The largest absolute Gasteiger partial charge is 0.312 e. The number of benzene rings is 1. The Balaban J connectivity index is 1.89. The number of nitrogens with zero attached hydrogens (tertiary/aromatic N) is 1. The molecule has 0 saturated heterocycles. The van der Waals surface area contributed by atoms with Gasteiger partial charge >= 0.3 is 0 Å². The second-order valence-electron chi connectivity index (χ2n) is 5.07. The number of carbonyl (C=O) groups excluding carboxylic acids is 1. The minimum atomic E-state index is 0.311. The Hall–Kier alpha value is -0.580. The lowest BCUT2D eigenvalue weighted by Crippen LogP contribution is -2.40. The van der Waals surface area contributed by atoms with Crippen molar-refractivity contribution in [2.45, 2.75) is 32.1 Å². The Morgan fingerprint density at radius 2 is 2.12 bits per heavy atom. The van der Waals surface area contributed by atoms with Gasteiger partial charge in [0.25, 0.3) is 0 Å². The molecule has 0 spiro atoms.